The number of hydrogen-bond donors (Lipinski definition) is 1. The lowest BCUT2D eigenvalue weighted by Gasteiger charge is -2.01. The van der Waals surface area contributed by atoms with Gasteiger partial charge in [0.1, 0.15) is 11.6 Å². The summed E-state index contributed by atoms with van der Waals surface area (Å²) in [6.07, 6.45) is 1.76. The Bertz CT molecular complexity index is 462. The van der Waals surface area contributed by atoms with Crippen LogP contribution in [-0.2, 0) is 0 Å². The molecule has 1 N–H and O–H groups in total. The van der Waals surface area contributed by atoms with Gasteiger partial charge in [0.15, 0.2) is 0 Å². The number of ether oxygens (including phenoxy) is 1. The van der Waals surface area contributed by atoms with Crippen molar-refractivity contribution in [2.45, 2.75) is 13.8 Å². The van der Waals surface area contributed by atoms with Gasteiger partial charge in [0, 0.05) is 11.6 Å². The first-order chi connectivity index (χ1) is 6.72. The first kappa shape index (κ1) is 9.06. The number of benzene rings is 1. The van der Waals surface area contributed by atoms with Crippen LogP contribution in [0.3, 0.4) is 0 Å². The summed E-state index contributed by atoms with van der Waals surface area (Å²) in [5, 5.41) is 0.810. The zero-order chi connectivity index (χ0) is 10.1. The second-order valence-electron chi connectivity index (χ2n) is 3.23. The maximum absolute atomic E-state index is 13.1. The molecule has 0 atom stereocenters. The Kier molecular flexibility index (Phi) is 2.15. The summed E-state index contributed by atoms with van der Waals surface area (Å²) in [5.74, 6) is 0.487. The molecule has 0 aliphatic carbocycles. The number of H-pyrrole nitrogens is 1. The fourth-order valence-electron chi connectivity index (χ4n) is 1.62. The van der Waals surface area contributed by atoms with E-state index in [1.54, 1.807) is 6.20 Å². The monoisotopic (exact) mass is 193 g/mol. The Morgan fingerprint density at radius 2 is 2.21 bits per heavy atom. The molecule has 0 spiro atoms. The lowest BCUT2D eigenvalue weighted by molar-refractivity contribution is 0.344. The van der Waals surface area contributed by atoms with Crippen molar-refractivity contribution in [3.63, 3.8) is 0 Å². The number of hydrogen-bond acceptors (Lipinski definition) is 1. The van der Waals surface area contributed by atoms with Crippen molar-refractivity contribution >= 4 is 10.9 Å². The van der Waals surface area contributed by atoms with E-state index in [1.165, 1.54) is 12.1 Å². The summed E-state index contributed by atoms with van der Waals surface area (Å²) in [7, 11) is 0. The largest absolute Gasteiger partial charge is 0.492 e. The van der Waals surface area contributed by atoms with Crippen LogP contribution >= 0.6 is 0 Å². The van der Waals surface area contributed by atoms with Gasteiger partial charge in [0.05, 0.1) is 12.1 Å². The van der Waals surface area contributed by atoms with Gasteiger partial charge >= 0.3 is 0 Å². The van der Waals surface area contributed by atoms with E-state index in [9.17, 15) is 4.39 Å². The van der Waals surface area contributed by atoms with Crippen LogP contribution in [0.15, 0.2) is 18.3 Å². The molecule has 0 saturated carbocycles. The van der Waals surface area contributed by atoms with Gasteiger partial charge in [-0.15, -0.1) is 0 Å². The van der Waals surface area contributed by atoms with Crippen molar-refractivity contribution in [3.8, 4) is 5.75 Å². The number of aromatic amines is 1. The summed E-state index contributed by atoms with van der Waals surface area (Å²) in [5.41, 5.74) is 1.83. The molecule has 2 rings (SSSR count). The van der Waals surface area contributed by atoms with E-state index in [2.05, 4.69) is 4.98 Å². The Balaban J connectivity index is 2.66. The molecule has 1 aromatic heterocycles. The van der Waals surface area contributed by atoms with Gasteiger partial charge in [-0.3, -0.25) is 0 Å². The molecule has 2 nitrogen and oxygen atoms in total. The van der Waals surface area contributed by atoms with Crippen LogP contribution in [0.5, 0.6) is 5.75 Å². The SMILES string of the molecule is CCOc1c[nH]c2c(C)cc(F)cc12. The lowest BCUT2D eigenvalue weighted by atomic mass is 10.1. The smallest absolute Gasteiger partial charge is 0.144 e. The first-order valence-corrected chi connectivity index (χ1v) is 4.62. The molecular weight excluding hydrogens is 181 g/mol. The number of rotatable bonds is 2. The van der Waals surface area contributed by atoms with Crippen LogP contribution in [0.1, 0.15) is 12.5 Å². The minimum absolute atomic E-state index is 0.226. The van der Waals surface area contributed by atoms with Gasteiger partial charge in [0.25, 0.3) is 0 Å². The molecule has 0 amide bonds. The summed E-state index contributed by atoms with van der Waals surface area (Å²) < 4.78 is 18.5. The fourth-order valence-corrected chi connectivity index (χ4v) is 1.62. The molecule has 74 valence electrons. The zero-order valence-corrected chi connectivity index (χ0v) is 8.23. The Labute approximate surface area is 81.7 Å². The lowest BCUT2D eigenvalue weighted by Crippen LogP contribution is -1.89. The topological polar surface area (TPSA) is 25.0 Å². The molecule has 14 heavy (non-hydrogen) atoms. The number of aryl methyl sites for hydroxylation is 1. The van der Waals surface area contributed by atoms with Crippen LogP contribution in [0, 0.1) is 12.7 Å². The molecule has 2 aromatic rings. The van der Waals surface area contributed by atoms with Crippen molar-refractivity contribution in [3.05, 3.63) is 29.7 Å². The minimum Gasteiger partial charge on any atom is -0.492 e. The molecular formula is C11H12FNO. The normalized spacial score (nSPS) is 10.8. The quantitative estimate of drug-likeness (QED) is 0.779. The standard InChI is InChI=1S/C11H12FNO/c1-3-14-10-6-13-11-7(2)4-8(12)5-9(10)11/h4-6,13H,3H2,1-2H3. The van der Waals surface area contributed by atoms with E-state index in [0.717, 1.165) is 16.5 Å². The predicted octanol–water partition coefficient (Wildman–Crippen LogP) is 3.01. The predicted molar refractivity (Wildman–Crippen MR) is 54.2 cm³/mol. The summed E-state index contributed by atoms with van der Waals surface area (Å²) >= 11 is 0. The van der Waals surface area contributed by atoms with Gasteiger partial charge in [-0.2, -0.15) is 0 Å². The minimum atomic E-state index is -0.226. The third-order valence-electron chi connectivity index (χ3n) is 2.21. The fraction of sp³-hybridized carbons (Fsp3) is 0.273. The maximum atomic E-state index is 13.1. The highest BCUT2D eigenvalue weighted by molar-refractivity contribution is 5.88. The number of aromatic nitrogens is 1. The number of nitrogens with one attached hydrogen (secondary N) is 1. The second kappa shape index (κ2) is 3.33. The molecule has 0 unspecified atom stereocenters. The average molecular weight is 193 g/mol. The molecule has 0 saturated heterocycles. The Morgan fingerprint density at radius 3 is 2.93 bits per heavy atom. The van der Waals surface area contributed by atoms with E-state index in [0.29, 0.717) is 12.4 Å². The Hall–Kier alpha value is -1.51. The average Bonchev–Trinajstić information content (AvgIpc) is 2.49. The summed E-state index contributed by atoms with van der Waals surface area (Å²) in [6.45, 7) is 4.37. The van der Waals surface area contributed by atoms with E-state index < -0.39 is 0 Å². The van der Waals surface area contributed by atoms with Crippen LogP contribution in [-0.4, -0.2) is 11.6 Å². The van der Waals surface area contributed by atoms with Crippen molar-refractivity contribution in [2.75, 3.05) is 6.61 Å². The van der Waals surface area contributed by atoms with Gasteiger partial charge < -0.3 is 9.72 Å². The molecule has 3 heteroatoms. The van der Waals surface area contributed by atoms with Gasteiger partial charge in [-0.25, -0.2) is 4.39 Å². The molecule has 0 fully saturated rings. The van der Waals surface area contributed by atoms with Crippen molar-refractivity contribution in [1.29, 1.82) is 0 Å². The summed E-state index contributed by atoms with van der Waals surface area (Å²) in [6, 6.07) is 3.00. The van der Waals surface area contributed by atoms with Crippen LogP contribution in [0.2, 0.25) is 0 Å². The number of fused-ring (bicyclic) bond motifs is 1. The van der Waals surface area contributed by atoms with Crippen molar-refractivity contribution < 1.29 is 9.13 Å². The summed E-state index contributed by atoms with van der Waals surface area (Å²) in [4.78, 5) is 3.08. The van der Waals surface area contributed by atoms with Crippen molar-refractivity contribution in [2.24, 2.45) is 0 Å². The van der Waals surface area contributed by atoms with Gasteiger partial charge in [-0.05, 0) is 31.5 Å². The third-order valence-corrected chi connectivity index (χ3v) is 2.21. The second-order valence-corrected chi connectivity index (χ2v) is 3.23. The molecule has 0 radical (unpaired) electrons. The Morgan fingerprint density at radius 1 is 1.43 bits per heavy atom. The molecule has 0 aliphatic rings. The molecule has 0 bridgehead atoms. The molecule has 1 heterocycles. The number of halogens is 1. The maximum Gasteiger partial charge on any atom is 0.144 e. The zero-order valence-electron chi connectivity index (χ0n) is 8.23. The van der Waals surface area contributed by atoms with Crippen LogP contribution in [0.25, 0.3) is 10.9 Å². The highest BCUT2D eigenvalue weighted by Gasteiger charge is 2.07. The van der Waals surface area contributed by atoms with E-state index in [1.807, 2.05) is 13.8 Å². The van der Waals surface area contributed by atoms with Crippen molar-refractivity contribution in [1.82, 2.24) is 4.98 Å². The van der Waals surface area contributed by atoms with E-state index >= 15 is 0 Å². The first-order valence-electron chi connectivity index (χ1n) is 4.62. The molecule has 0 aliphatic heterocycles. The van der Waals surface area contributed by atoms with Gasteiger partial charge in [-0.1, -0.05) is 0 Å². The highest BCUT2D eigenvalue weighted by Crippen LogP contribution is 2.28. The van der Waals surface area contributed by atoms with E-state index in [-0.39, 0.29) is 5.82 Å². The molecule has 1 aromatic carbocycles. The van der Waals surface area contributed by atoms with Gasteiger partial charge in [0.2, 0.25) is 0 Å². The highest BCUT2D eigenvalue weighted by atomic mass is 19.1. The third kappa shape index (κ3) is 1.35. The van der Waals surface area contributed by atoms with Crippen LogP contribution in [0.4, 0.5) is 4.39 Å². The van der Waals surface area contributed by atoms with E-state index in [4.69, 9.17) is 4.74 Å². The van der Waals surface area contributed by atoms with Crippen LogP contribution < -0.4 is 4.74 Å².